The van der Waals surface area contributed by atoms with Crippen molar-refractivity contribution in [3.05, 3.63) is 42.5 Å². The molecule has 0 radical (unpaired) electrons. The van der Waals surface area contributed by atoms with E-state index in [0.29, 0.717) is 25.1 Å². The molecule has 8 heteroatoms. The summed E-state index contributed by atoms with van der Waals surface area (Å²) in [6.45, 7) is 2.55. The van der Waals surface area contributed by atoms with Crippen LogP contribution < -0.4 is 10.6 Å². The Morgan fingerprint density at radius 2 is 1.91 bits per heavy atom. The smallest absolute Gasteiger partial charge is 0.248 e. The summed E-state index contributed by atoms with van der Waals surface area (Å²) in [7, 11) is 1.61. The molecule has 2 aromatic rings. The van der Waals surface area contributed by atoms with Crippen molar-refractivity contribution in [2.24, 2.45) is 17.8 Å². The SMILES string of the molecule is CNC(=O)[C@@H]1[C@H]2C(=O)N(CCCCO)C(C(=O)Nc3ccc4ccccc4c3)C23S[C@@H]1CC3C. The first-order valence-electron chi connectivity index (χ1n) is 12.0. The minimum absolute atomic E-state index is 0.0403. The second-order valence-corrected chi connectivity index (χ2v) is 11.2. The average Bonchev–Trinajstić information content (AvgIpc) is 3.42. The van der Waals surface area contributed by atoms with Gasteiger partial charge in [-0.25, -0.2) is 0 Å². The number of hydrogen-bond acceptors (Lipinski definition) is 5. The Morgan fingerprint density at radius 3 is 2.65 bits per heavy atom. The molecule has 3 amide bonds. The standard InChI is InChI=1S/C26H31N3O4S/c1-15-13-19-20(23(31)27-2)21-25(33)29(11-5-6-12-30)22(26(15,21)34-19)24(32)28-18-10-9-16-7-3-4-8-17(16)14-18/h3-4,7-10,14-15,19-22,30H,5-6,11-13H2,1-2H3,(H,27,31)(H,28,32)/t15?,19-,20+,21+,22?,26?/m1/s1. The number of anilines is 1. The van der Waals surface area contributed by atoms with Crippen LogP contribution >= 0.6 is 11.8 Å². The summed E-state index contributed by atoms with van der Waals surface area (Å²) in [5, 5.41) is 17.3. The number of unbranched alkanes of at least 4 members (excludes halogenated alkanes) is 1. The van der Waals surface area contributed by atoms with Gasteiger partial charge in [0.1, 0.15) is 6.04 Å². The maximum Gasteiger partial charge on any atom is 0.248 e. The van der Waals surface area contributed by atoms with E-state index in [9.17, 15) is 19.5 Å². The molecule has 3 N–H and O–H groups in total. The number of carbonyl (C=O) groups excluding carboxylic acids is 3. The fourth-order valence-corrected chi connectivity index (χ4v) is 8.82. The molecule has 3 aliphatic rings. The highest BCUT2D eigenvalue weighted by molar-refractivity contribution is 8.02. The van der Waals surface area contributed by atoms with E-state index in [4.69, 9.17) is 0 Å². The number of amides is 3. The summed E-state index contributed by atoms with van der Waals surface area (Å²) >= 11 is 1.67. The third kappa shape index (κ3) is 3.41. The zero-order valence-corrected chi connectivity index (χ0v) is 20.3. The van der Waals surface area contributed by atoms with E-state index in [0.717, 1.165) is 17.2 Å². The average molecular weight is 482 g/mol. The lowest BCUT2D eigenvalue weighted by atomic mass is 9.66. The third-order valence-corrected chi connectivity index (χ3v) is 9.94. The fraction of sp³-hybridized carbons (Fsp3) is 0.500. The lowest BCUT2D eigenvalue weighted by Crippen LogP contribution is -2.55. The molecular weight excluding hydrogens is 450 g/mol. The van der Waals surface area contributed by atoms with E-state index >= 15 is 0 Å². The van der Waals surface area contributed by atoms with E-state index in [1.807, 2.05) is 42.5 Å². The van der Waals surface area contributed by atoms with Gasteiger partial charge in [-0.2, -0.15) is 0 Å². The van der Waals surface area contributed by atoms with E-state index in [1.165, 1.54) is 0 Å². The molecule has 0 aliphatic carbocycles. The summed E-state index contributed by atoms with van der Waals surface area (Å²) in [6, 6.07) is 13.1. The summed E-state index contributed by atoms with van der Waals surface area (Å²) in [4.78, 5) is 42.2. The molecule has 2 bridgehead atoms. The second-order valence-electron chi connectivity index (χ2n) is 9.68. The van der Waals surface area contributed by atoms with Crippen molar-refractivity contribution in [2.45, 2.75) is 42.2 Å². The van der Waals surface area contributed by atoms with Gasteiger partial charge in [0.2, 0.25) is 17.7 Å². The van der Waals surface area contributed by atoms with Gasteiger partial charge in [0.15, 0.2) is 0 Å². The van der Waals surface area contributed by atoms with Gasteiger partial charge in [-0.05, 0) is 48.1 Å². The number of rotatable bonds is 7. The van der Waals surface area contributed by atoms with Crippen LogP contribution in [0.3, 0.4) is 0 Å². The van der Waals surface area contributed by atoms with Crippen molar-refractivity contribution in [1.29, 1.82) is 0 Å². The van der Waals surface area contributed by atoms with E-state index < -0.39 is 22.6 Å². The Balaban J connectivity index is 1.51. The minimum Gasteiger partial charge on any atom is -0.396 e. The van der Waals surface area contributed by atoms with Crippen molar-refractivity contribution < 1.29 is 19.5 Å². The van der Waals surface area contributed by atoms with Crippen LogP contribution in [0.2, 0.25) is 0 Å². The van der Waals surface area contributed by atoms with Crippen LogP contribution in [0.25, 0.3) is 10.8 Å². The van der Waals surface area contributed by atoms with Gasteiger partial charge >= 0.3 is 0 Å². The quantitative estimate of drug-likeness (QED) is 0.528. The first-order valence-corrected chi connectivity index (χ1v) is 12.9. The van der Waals surface area contributed by atoms with Crippen molar-refractivity contribution >= 4 is 45.9 Å². The molecule has 180 valence electrons. The minimum atomic E-state index is -0.658. The zero-order valence-electron chi connectivity index (χ0n) is 19.5. The number of benzene rings is 2. The van der Waals surface area contributed by atoms with Crippen LogP contribution in [0.15, 0.2) is 42.5 Å². The normalized spacial score (nSPS) is 31.7. The van der Waals surface area contributed by atoms with Gasteiger partial charge in [-0.3, -0.25) is 14.4 Å². The molecule has 5 rings (SSSR count). The van der Waals surface area contributed by atoms with Crippen LogP contribution in [0.1, 0.15) is 26.2 Å². The topological polar surface area (TPSA) is 98.7 Å². The first-order chi connectivity index (χ1) is 16.4. The van der Waals surface area contributed by atoms with E-state index in [1.54, 1.807) is 23.7 Å². The number of aliphatic hydroxyl groups excluding tert-OH is 1. The molecule has 3 aliphatic heterocycles. The van der Waals surface area contributed by atoms with Crippen LogP contribution in [-0.4, -0.2) is 64.0 Å². The van der Waals surface area contributed by atoms with Crippen molar-refractivity contribution in [3.63, 3.8) is 0 Å². The van der Waals surface area contributed by atoms with Crippen LogP contribution in [-0.2, 0) is 14.4 Å². The van der Waals surface area contributed by atoms with Gasteiger partial charge in [0.25, 0.3) is 0 Å². The molecule has 2 aromatic carbocycles. The summed E-state index contributed by atoms with van der Waals surface area (Å²) in [5.74, 6) is -1.22. The summed E-state index contributed by atoms with van der Waals surface area (Å²) in [6.07, 6.45) is 1.99. The first kappa shape index (κ1) is 23.2. The van der Waals surface area contributed by atoms with Crippen LogP contribution in [0.4, 0.5) is 5.69 Å². The highest BCUT2D eigenvalue weighted by Crippen LogP contribution is 2.68. The highest BCUT2D eigenvalue weighted by Gasteiger charge is 2.75. The fourth-order valence-electron chi connectivity index (χ4n) is 6.40. The maximum absolute atomic E-state index is 13.9. The number of nitrogens with one attached hydrogen (secondary N) is 2. The number of aliphatic hydroxyl groups is 1. The highest BCUT2D eigenvalue weighted by atomic mass is 32.2. The Labute approximate surface area is 203 Å². The molecule has 3 heterocycles. The van der Waals surface area contributed by atoms with Gasteiger partial charge in [-0.1, -0.05) is 37.3 Å². The third-order valence-electron chi connectivity index (χ3n) is 7.87. The molecular formula is C26H31N3O4S. The lowest BCUT2D eigenvalue weighted by molar-refractivity contribution is -0.139. The van der Waals surface area contributed by atoms with E-state index in [-0.39, 0.29) is 35.5 Å². The van der Waals surface area contributed by atoms with Crippen molar-refractivity contribution in [3.8, 4) is 0 Å². The predicted molar refractivity (Wildman–Crippen MR) is 133 cm³/mol. The molecule has 7 nitrogen and oxygen atoms in total. The van der Waals surface area contributed by atoms with Gasteiger partial charge in [-0.15, -0.1) is 11.8 Å². The monoisotopic (exact) mass is 481 g/mol. The molecule has 3 saturated heterocycles. The summed E-state index contributed by atoms with van der Waals surface area (Å²) < 4.78 is -0.626. The van der Waals surface area contributed by atoms with Crippen LogP contribution in [0, 0.1) is 17.8 Å². The van der Waals surface area contributed by atoms with E-state index in [2.05, 4.69) is 17.6 Å². The Hall–Kier alpha value is -2.58. The number of thioether (sulfide) groups is 1. The lowest BCUT2D eigenvalue weighted by Gasteiger charge is -2.38. The summed E-state index contributed by atoms with van der Waals surface area (Å²) in [5.41, 5.74) is 0.694. The molecule has 34 heavy (non-hydrogen) atoms. The molecule has 0 saturated carbocycles. The van der Waals surface area contributed by atoms with Gasteiger partial charge < -0.3 is 20.6 Å². The largest absolute Gasteiger partial charge is 0.396 e. The molecule has 1 spiro atoms. The molecule has 3 fully saturated rings. The molecule has 0 aromatic heterocycles. The number of hydrogen-bond donors (Lipinski definition) is 3. The number of nitrogens with zero attached hydrogens (tertiary/aromatic N) is 1. The number of carbonyl (C=O) groups is 3. The Bertz CT molecular complexity index is 1140. The van der Waals surface area contributed by atoms with Crippen LogP contribution in [0.5, 0.6) is 0 Å². The molecule has 3 unspecified atom stereocenters. The van der Waals surface area contributed by atoms with Gasteiger partial charge in [0, 0.05) is 31.1 Å². The Morgan fingerprint density at radius 1 is 1.15 bits per heavy atom. The zero-order chi connectivity index (χ0) is 24.0. The Kier molecular flexibility index (Phi) is 6.06. The van der Waals surface area contributed by atoms with Crippen molar-refractivity contribution in [2.75, 3.05) is 25.5 Å². The number of fused-ring (bicyclic) bond motifs is 2. The number of likely N-dealkylation sites (tertiary alicyclic amines) is 1. The van der Waals surface area contributed by atoms with Crippen molar-refractivity contribution in [1.82, 2.24) is 10.2 Å². The predicted octanol–water partition coefficient (Wildman–Crippen LogP) is 2.63. The molecule has 6 atom stereocenters. The second kappa shape index (κ2) is 8.89. The van der Waals surface area contributed by atoms with Gasteiger partial charge in [0.05, 0.1) is 16.6 Å². The maximum atomic E-state index is 13.9.